The number of thioether (sulfide) groups is 1. The van der Waals surface area contributed by atoms with Crippen molar-refractivity contribution in [3.05, 3.63) is 18.2 Å². The number of hydrogen-bond acceptors (Lipinski definition) is 4. The van der Waals surface area contributed by atoms with Crippen LogP contribution in [0.25, 0.3) is 11.0 Å². The number of nitrogens with one attached hydrogen (secondary N) is 2. The highest BCUT2D eigenvalue weighted by Gasteiger charge is 2.58. The van der Waals surface area contributed by atoms with Crippen molar-refractivity contribution in [2.24, 2.45) is 0 Å². The predicted octanol–water partition coefficient (Wildman–Crippen LogP) is 2.57. The van der Waals surface area contributed by atoms with Gasteiger partial charge in [-0.25, -0.2) is 4.98 Å². The Hall–Kier alpha value is -2.04. The molecule has 0 saturated carbocycles. The number of benzene rings is 1. The third-order valence-corrected chi connectivity index (χ3v) is 3.30. The second-order valence-corrected chi connectivity index (χ2v) is 4.92. The van der Waals surface area contributed by atoms with E-state index in [9.17, 15) is 31.9 Å². The molecule has 114 valence electrons. The number of amides is 1. The van der Waals surface area contributed by atoms with Crippen molar-refractivity contribution in [2.45, 2.75) is 16.3 Å². The molecule has 0 radical (unpaired) electrons. The first kappa shape index (κ1) is 15.4. The zero-order valence-electron chi connectivity index (χ0n) is 9.79. The number of carboxylic acid groups (broad SMARTS) is 1. The zero-order valence-corrected chi connectivity index (χ0v) is 10.6. The van der Waals surface area contributed by atoms with Gasteiger partial charge in [-0.2, -0.15) is 22.0 Å². The van der Waals surface area contributed by atoms with Crippen LogP contribution in [0.4, 0.5) is 32.7 Å². The Labute approximate surface area is 117 Å². The first-order valence-electron chi connectivity index (χ1n) is 5.20. The van der Waals surface area contributed by atoms with Gasteiger partial charge in [0.1, 0.15) is 11.6 Å². The van der Waals surface area contributed by atoms with Gasteiger partial charge in [0, 0.05) is 4.90 Å². The van der Waals surface area contributed by atoms with E-state index in [2.05, 4.69) is 9.97 Å². The lowest BCUT2D eigenvalue weighted by atomic mass is 10.3. The van der Waals surface area contributed by atoms with Gasteiger partial charge in [0.05, 0.1) is 5.52 Å². The van der Waals surface area contributed by atoms with Crippen molar-refractivity contribution in [1.29, 1.82) is 0 Å². The molecule has 2 aromatic rings. The van der Waals surface area contributed by atoms with Crippen LogP contribution in [0.5, 0.6) is 0 Å². The smallest absolute Gasteiger partial charge is 0.464 e. The van der Waals surface area contributed by atoms with E-state index in [-0.39, 0.29) is 17.0 Å². The molecule has 0 saturated heterocycles. The molecule has 0 atom stereocenters. The number of hydrogen-bond donors (Lipinski definition) is 2. The van der Waals surface area contributed by atoms with E-state index in [1.807, 2.05) is 0 Å². The molecule has 0 aliphatic rings. The summed E-state index contributed by atoms with van der Waals surface area (Å²) in [5.41, 5.74) is -0.114. The normalized spacial score (nSPS) is 12.6. The number of halogens is 5. The average Bonchev–Trinajstić information content (AvgIpc) is 2.69. The fourth-order valence-corrected chi connectivity index (χ4v) is 2.23. The lowest BCUT2D eigenvalue weighted by Gasteiger charge is -2.18. The highest BCUT2D eigenvalue weighted by atomic mass is 32.2. The summed E-state index contributed by atoms with van der Waals surface area (Å²) < 4.78 is 62.7. The molecule has 0 bridgehead atoms. The maximum absolute atomic E-state index is 13.0. The van der Waals surface area contributed by atoms with Gasteiger partial charge in [-0.1, -0.05) is 6.07 Å². The molecule has 0 aliphatic carbocycles. The molecule has 1 aromatic heterocycles. The molecular weight excluding hydrogens is 321 g/mol. The third kappa shape index (κ3) is 3.17. The summed E-state index contributed by atoms with van der Waals surface area (Å²) in [4.78, 5) is 15.9. The molecule has 21 heavy (non-hydrogen) atoms. The topological polar surface area (TPSA) is 80.8 Å². The summed E-state index contributed by atoms with van der Waals surface area (Å²) in [5, 5.41) is 7.07. The van der Waals surface area contributed by atoms with E-state index in [1.54, 1.807) is 5.32 Å². The Morgan fingerprint density at radius 2 is 1.95 bits per heavy atom. The van der Waals surface area contributed by atoms with Crippen LogP contribution in [0.15, 0.2) is 23.1 Å². The standard InChI is InChI=1S/C10H6F5N3O2S/c11-9(12,13)10(14,15)21-5-3-1-2-4-6(5)17-7(16-4)18-8(19)20/h1-3H,(H,19,20)(H2,16,17,18)/p-1. The molecule has 11 heteroatoms. The van der Waals surface area contributed by atoms with Gasteiger partial charge in [0.25, 0.3) is 0 Å². The van der Waals surface area contributed by atoms with Crippen molar-refractivity contribution in [3.63, 3.8) is 0 Å². The van der Waals surface area contributed by atoms with Gasteiger partial charge in [0.2, 0.25) is 5.95 Å². The molecular formula is C10H5F5N3O2S-. The highest BCUT2D eigenvalue weighted by Crippen LogP contribution is 2.48. The predicted molar refractivity (Wildman–Crippen MR) is 62.0 cm³/mol. The molecule has 2 N–H and O–H groups in total. The molecule has 5 nitrogen and oxygen atoms in total. The van der Waals surface area contributed by atoms with E-state index in [0.717, 1.165) is 6.07 Å². The molecule has 1 heterocycles. The van der Waals surface area contributed by atoms with E-state index >= 15 is 0 Å². The van der Waals surface area contributed by atoms with Crippen LogP contribution in [-0.4, -0.2) is 27.5 Å². The number of carbonyl (C=O) groups is 1. The summed E-state index contributed by atoms with van der Waals surface area (Å²) in [7, 11) is 0. The summed E-state index contributed by atoms with van der Waals surface area (Å²) in [6, 6.07) is 3.60. The van der Waals surface area contributed by atoms with Gasteiger partial charge in [-0.15, -0.1) is 0 Å². The Balaban J connectivity index is 2.41. The van der Waals surface area contributed by atoms with Crippen molar-refractivity contribution < 1.29 is 31.9 Å². The number of imidazole rings is 1. The number of anilines is 1. The lowest BCUT2D eigenvalue weighted by Crippen LogP contribution is -2.32. The van der Waals surface area contributed by atoms with Gasteiger partial charge in [-0.3, -0.25) is 0 Å². The highest BCUT2D eigenvalue weighted by molar-refractivity contribution is 8.00. The number of nitrogens with zero attached hydrogens (tertiary/aromatic N) is 1. The minimum atomic E-state index is -5.72. The van der Waals surface area contributed by atoms with Crippen LogP contribution in [0.2, 0.25) is 0 Å². The molecule has 0 aliphatic heterocycles. The minimum Gasteiger partial charge on any atom is -0.530 e. The largest absolute Gasteiger partial charge is 0.530 e. The number of para-hydroxylation sites is 1. The second-order valence-electron chi connectivity index (χ2n) is 3.77. The number of rotatable bonds is 3. The number of aromatic amines is 1. The number of alkyl halides is 5. The van der Waals surface area contributed by atoms with E-state index in [4.69, 9.17) is 0 Å². The second kappa shape index (κ2) is 5.06. The molecule has 1 amide bonds. The van der Waals surface area contributed by atoms with Crippen molar-refractivity contribution in [3.8, 4) is 0 Å². The summed E-state index contributed by atoms with van der Waals surface area (Å²) in [6.45, 7) is 0. The summed E-state index contributed by atoms with van der Waals surface area (Å²) >= 11 is -0.717. The first-order valence-corrected chi connectivity index (χ1v) is 6.02. The molecule has 0 unspecified atom stereocenters. The molecule has 0 spiro atoms. The van der Waals surface area contributed by atoms with Crippen molar-refractivity contribution in [2.75, 3.05) is 5.32 Å². The van der Waals surface area contributed by atoms with Gasteiger partial charge in [0.15, 0.2) is 0 Å². The van der Waals surface area contributed by atoms with Crippen LogP contribution in [-0.2, 0) is 0 Å². The van der Waals surface area contributed by atoms with Gasteiger partial charge >= 0.3 is 11.4 Å². The lowest BCUT2D eigenvalue weighted by molar-refractivity contribution is -0.242. The maximum atomic E-state index is 13.0. The number of aromatic nitrogens is 2. The molecule has 2 rings (SSSR count). The van der Waals surface area contributed by atoms with Crippen LogP contribution in [0.1, 0.15) is 0 Å². The Morgan fingerprint density at radius 1 is 1.29 bits per heavy atom. The minimum absolute atomic E-state index is 0.0988. The zero-order chi connectivity index (χ0) is 15.8. The molecule has 0 fully saturated rings. The van der Waals surface area contributed by atoms with Crippen LogP contribution in [0.3, 0.4) is 0 Å². The first-order chi connectivity index (χ1) is 9.60. The Bertz CT molecular complexity index is 685. The van der Waals surface area contributed by atoms with E-state index < -0.39 is 34.2 Å². The number of H-pyrrole nitrogens is 1. The van der Waals surface area contributed by atoms with Crippen molar-refractivity contribution in [1.82, 2.24) is 9.97 Å². The van der Waals surface area contributed by atoms with Gasteiger partial charge in [-0.05, 0) is 23.9 Å². The fourth-order valence-electron chi connectivity index (χ4n) is 1.44. The number of carbonyl (C=O) groups excluding carboxylic acids is 1. The quantitative estimate of drug-likeness (QED) is 0.671. The Kier molecular flexibility index (Phi) is 3.70. The van der Waals surface area contributed by atoms with E-state index in [1.165, 1.54) is 12.1 Å². The summed E-state index contributed by atoms with van der Waals surface area (Å²) in [6.07, 6.45) is -7.42. The van der Waals surface area contributed by atoms with Crippen LogP contribution in [0, 0.1) is 0 Å². The van der Waals surface area contributed by atoms with Crippen LogP contribution < -0.4 is 10.4 Å². The summed E-state index contributed by atoms with van der Waals surface area (Å²) in [5.74, 6) is -0.339. The molecule has 1 aromatic carbocycles. The maximum Gasteiger partial charge on any atom is 0.464 e. The van der Waals surface area contributed by atoms with Crippen molar-refractivity contribution >= 4 is 34.8 Å². The average molecular weight is 326 g/mol. The monoisotopic (exact) mass is 326 g/mol. The van der Waals surface area contributed by atoms with Gasteiger partial charge < -0.3 is 20.2 Å². The fraction of sp³-hybridized carbons (Fsp3) is 0.200. The Morgan fingerprint density at radius 3 is 2.52 bits per heavy atom. The van der Waals surface area contributed by atoms with E-state index in [0.29, 0.717) is 0 Å². The third-order valence-electron chi connectivity index (χ3n) is 2.26. The number of fused-ring (bicyclic) bond motifs is 1. The van der Waals surface area contributed by atoms with Crippen LogP contribution >= 0.6 is 11.8 Å². The SMILES string of the molecule is O=C([O-])Nc1nc2c(SC(F)(F)C(F)(F)F)cccc2[nH]1.